The number of hydrogen-bond donors (Lipinski definition) is 0. The normalized spacial score (nSPS) is 11.3. The lowest BCUT2D eigenvalue weighted by molar-refractivity contribution is 1.17. The molecular formula is C37H28N4. The fourth-order valence-corrected chi connectivity index (χ4v) is 5.67. The minimum atomic E-state index is 0.955. The van der Waals surface area contributed by atoms with Crippen molar-refractivity contribution in [2.45, 2.75) is 20.8 Å². The maximum absolute atomic E-state index is 4.87. The summed E-state index contributed by atoms with van der Waals surface area (Å²) in [7, 11) is 0. The van der Waals surface area contributed by atoms with Gasteiger partial charge in [-0.15, -0.1) is 0 Å². The Labute approximate surface area is 239 Å². The van der Waals surface area contributed by atoms with Gasteiger partial charge in [0.05, 0.1) is 16.7 Å². The molecule has 0 amide bonds. The van der Waals surface area contributed by atoms with E-state index in [4.69, 9.17) is 15.0 Å². The van der Waals surface area contributed by atoms with Crippen LogP contribution in [0.1, 0.15) is 16.8 Å². The van der Waals surface area contributed by atoms with Crippen molar-refractivity contribution in [2.75, 3.05) is 0 Å². The first kappa shape index (κ1) is 24.8. The zero-order valence-corrected chi connectivity index (χ0v) is 23.3. The van der Waals surface area contributed by atoms with E-state index in [0.717, 1.165) is 72.1 Å². The molecule has 0 aliphatic heterocycles. The van der Waals surface area contributed by atoms with Crippen molar-refractivity contribution in [1.82, 2.24) is 19.9 Å². The van der Waals surface area contributed by atoms with Crippen LogP contribution in [0.5, 0.6) is 0 Å². The molecule has 0 atom stereocenters. The highest BCUT2D eigenvalue weighted by molar-refractivity contribution is 6.11. The van der Waals surface area contributed by atoms with E-state index < -0.39 is 0 Å². The second kappa shape index (κ2) is 10.1. The molecule has 7 rings (SSSR count). The Balaban J connectivity index is 1.53. The number of rotatable bonds is 4. The molecule has 0 aliphatic carbocycles. The van der Waals surface area contributed by atoms with Gasteiger partial charge in [-0.25, -0.2) is 0 Å². The fraction of sp³-hybridized carbons (Fsp3) is 0.0811. The molecule has 0 spiro atoms. The van der Waals surface area contributed by atoms with Crippen molar-refractivity contribution in [3.05, 3.63) is 133 Å². The van der Waals surface area contributed by atoms with Gasteiger partial charge in [-0.1, -0.05) is 30.3 Å². The first-order chi connectivity index (χ1) is 20.0. The van der Waals surface area contributed by atoms with Gasteiger partial charge in [0.1, 0.15) is 0 Å². The summed E-state index contributed by atoms with van der Waals surface area (Å²) in [4.78, 5) is 18.9. The summed E-state index contributed by atoms with van der Waals surface area (Å²) < 4.78 is 0. The third kappa shape index (κ3) is 4.53. The standard InChI is InChI=1S/C37H28N4/c1-23-16-33(25(3)41-22-23)28-17-27(32-20-26(12-11-24(32)2)35-10-4-5-13-38-35)18-29(19-28)34-21-36-30(8-6-14-39-36)31-9-7-15-40-37(31)34/h4-22H,1-3H3. The van der Waals surface area contributed by atoms with Crippen molar-refractivity contribution in [1.29, 1.82) is 0 Å². The summed E-state index contributed by atoms with van der Waals surface area (Å²) in [6.45, 7) is 6.33. The van der Waals surface area contributed by atoms with E-state index in [2.05, 4.69) is 92.5 Å². The second-order valence-corrected chi connectivity index (χ2v) is 10.6. The van der Waals surface area contributed by atoms with E-state index >= 15 is 0 Å². The SMILES string of the molecule is Cc1cnc(C)c(-c2cc(-c3cc(-c4ccccn4)ccc3C)cc(-c3cc4ncccc4c4cccnc34)c2)c1. The lowest BCUT2D eigenvalue weighted by Crippen LogP contribution is -1.94. The van der Waals surface area contributed by atoms with Gasteiger partial charge >= 0.3 is 0 Å². The zero-order valence-electron chi connectivity index (χ0n) is 23.3. The van der Waals surface area contributed by atoms with Gasteiger partial charge in [0.2, 0.25) is 0 Å². The van der Waals surface area contributed by atoms with Crippen LogP contribution in [0.2, 0.25) is 0 Å². The molecule has 0 N–H and O–H groups in total. The number of benzene rings is 3. The summed E-state index contributed by atoms with van der Waals surface area (Å²) in [6.07, 6.45) is 7.49. The maximum Gasteiger partial charge on any atom is 0.0787 e. The Hall–Kier alpha value is -5.22. The van der Waals surface area contributed by atoms with Gasteiger partial charge in [-0.05, 0) is 115 Å². The Morgan fingerprint density at radius 3 is 2.02 bits per heavy atom. The van der Waals surface area contributed by atoms with E-state index in [9.17, 15) is 0 Å². The number of hydrogen-bond acceptors (Lipinski definition) is 4. The number of pyridine rings is 4. The molecule has 196 valence electrons. The predicted octanol–water partition coefficient (Wildman–Crippen LogP) is 9.17. The predicted molar refractivity (Wildman–Crippen MR) is 169 cm³/mol. The molecule has 0 saturated carbocycles. The Morgan fingerprint density at radius 2 is 1.22 bits per heavy atom. The van der Waals surface area contributed by atoms with Crippen LogP contribution < -0.4 is 0 Å². The fourth-order valence-electron chi connectivity index (χ4n) is 5.67. The van der Waals surface area contributed by atoms with Gasteiger partial charge in [-0.3, -0.25) is 19.9 Å². The lowest BCUT2D eigenvalue weighted by atomic mass is 9.89. The largest absolute Gasteiger partial charge is 0.261 e. The van der Waals surface area contributed by atoms with E-state index in [1.807, 2.05) is 49.1 Å². The molecule has 4 heteroatoms. The van der Waals surface area contributed by atoms with Crippen LogP contribution in [0.25, 0.3) is 66.4 Å². The molecule has 4 heterocycles. The first-order valence-corrected chi connectivity index (χ1v) is 13.8. The molecule has 0 unspecified atom stereocenters. The van der Waals surface area contributed by atoms with E-state index in [1.165, 1.54) is 11.1 Å². The molecule has 41 heavy (non-hydrogen) atoms. The Morgan fingerprint density at radius 1 is 0.488 bits per heavy atom. The van der Waals surface area contributed by atoms with E-state index in [0.29, 0.717) is 0 Å². The highest BCUT2D eigenvalue weighted by Gasteiger charge is 2.16. The van der Waals surface area contributed by atoms with Crippen molar-refractivity contribution >= 4 is 21.8 Å². The number of fused-ring (bicyclic) bond motifs is 3. The van der Waals surface area contributed by atoms with Crippen LogP contribution in [0.15, 0.2) is 116 Å². The Kier molecular flexibility index (Phi) is 6.09. The van der Waals surface area contributed by atoms with Crippen LogP contribution in [0.4, 0.5) is 0 Å². The van der Waals surface area contributed by atoms with Gasteiger partial charge in [0.15, 0.2) is 0 Å². The highest BCUT2D eigenvalue weighted by atomic mass is 14.7. The topological polar surface area (TPSA) is 51.6 Å². The van der Waals surface area contributed by atoms with E-state index in [1.54, 1.807) is 0 Å². The van der Waals surface area contributed by atoms with Crippen molar-refractivity contribution < 1.29 is 0 Å². The lowest BCUT2D eigenvalue weighted by Gasteiger charge is -2.16. The molecule has 0 saturated heterocycles. The third-order valence-electron chi connectivity index (χ3n) is 7.76. The third-order valence-corrected chi connectivity index (χ3v) is 7.76. The number of aromatic nitrogens is 4. The average molecular weight is 529 g/mol. The van der Waals surface area contributed by atoms with Gasteiger partial charge in [-0.2, -0.15) is 0 Å². The highest BCUT2D eigenvalue weighted by Crippen LogP contribution is 2.39. The van der Waals surface area contributed by atoms with Crippen LogP contribution in [0, 0.1) is 20.8 Å². The van der Waals surface area contributed by atoms with Gasteiger partial charge in [0, 0.05) is 57.9 Å². The summed E-state index contributed by atoms with van der Waals surface area (Å²) in [5.74, 6) is 0. The minimum absolute atomic E-state index is 0.955. The van der Waals surface area contributed by atoms with Crippen LogP contribution in [-0.2, 0) is 0 Å². The van der Waals surface area contributed by atoms with E-state index in [-0.39, 0.29) is 0 Å². The van der Waals surface area contributed by atoms with Crippen molar-refractivity contribution in [3.63, 3.8) is 0 Å². The van der Waals surface area contributed by atoms with Crippen molar-refractivity contribution in [2.24, 2.45) is 0 Å². The van der Waals surface area contributed by atoms with Crippen molar-refractivity contribution in [3.8, 4) is 44.6 Å². The van der Waals surface area contributed by atoms with Crippen LogP contribution in [-0.4, -0.2) is 19.9 Å². The smallest absolute Gasteiger partial charge is 0.0787 e. The molecule has 3 aromatic carbocycles. The molecule has 4 aromatic heterocycles. The first-order valence-electron chi connectivity index (χ1n) is 13.8. The zero-order chi connectivity index (χ0) is 27.9. The van der Waals surface area contributed by atoms with Crippen LogP contribution >= 0.6 is 0 Å². The molecule has 0 radical (unpaired) electrons. The van der Waals surface area contributed by atoms with Crippen LogP contribution in [0.3, 0.4) is 0 Å². The van der Waals surface area contributed by atoms with Gasteiger partial charge in [0.25, 0.3) is 0 Å². The minimum Gasteiger partial charge on any atom is -0.261 e. The average Bonchev–Trinajstić information content (AvgIpc) is 3.02. The molecule has 0 aliphatic rings. The summed E-state index contributed by atoms with van der Waals surface area (Å²) in [5, 5.41) is 2.20. The quantitative estimate of drug-likeness (QED) is 0.214. The summed E-state index contributed by atoms with van der Waals surface area (Å²) >= 11 is 0. The molecule has 0 bridgehead atoms. The summed E-state index contributed by atoms with van der Waals surface area (Å²) in [5.41, 5.74) is 14.0. The second-order valence-electron chi connectivity index (χ2n) is 10.6. The molecule has 4 nitrogen and oxygen atoms in total. The molecular weight excluding hydrogens is 500 g/mol. The Bertz CT molecular complexity index is 2080. The van der Waals surface area contributed by atoms with Gasteiger partial charge < -0.3 is 0 Å². The maximum atomic E-state index is 4.87. The monoisotopic (exact) mass is 528 g/mol. The summed E-state index contributed by atoms with van der Waals surface area (Å²) in [6, 6.07) is 32.1. The number of nitrogens with zero attached hydrogens (tertiary/aromatic N) is 4. The number of aryl methyl sites for hydroxylation is 3. The molecule has 7 aromatic rings. The molecule has 0 fully saturated rings.